The van der Waals surface area contributed by atoms with Crippen molar-refractivity contribution in [2.24, 2.45) is 17.6 Å². The largest absolute Gasteiger partial charge is 0.468 e. The second-order valence-electron chi connectivity index (χ2n) is 5.97. The third kappa shape index (κ3) is 4.14. The predicted octanol–water partition coefficient (Wildman–Crippen LogP) is 2.87. The summed E-state index contributed by atoms with van der Waals surface area (Å²) in [6.07, 6.45) is 5.65. The van der Waals surface area contributed by atoms with Crippen LogP contribution in [0.1, 0.15) is 38.9 Å². The molecule has 1 fully saturated rings. The Labute approximate surface area is 110 Å². The minimum atomic E-state index is 0.612. The van der Waals surface area contributed by atoms with Crippen molar-refractivity contribution >= 4 is 0 Å². The summed E-state index contributed by atoms with van der Waals surface area (Å²) < 4.78 is 5.47. The first kappa shape index (κ1) is 13.6. The van der Waals surface area contributed by atoms with E-state index in [1.807, 2.05) is 6.07 Å². The highest BCUT2D eigenvalue weighted by molar-refractivity contribution is 5.00. The van der Waals surface area contributed by atoms with Gasteiger partial charge in [-0.05, 0) is 49.8 Å². The van der Waals surface area contributed by atoms with Crippen LogP contribution in [0.15, 0.2) is 22.8 Å². The number of furan rings is 1. The number of rotatable bonds is 8. The third-order valence-corrected chi connectivity index (χ3v) is 3.63. The summed E-state index contributed by atoms with van der Waals surface area (Å²) in [5.74, 6) is 2.41. The van der Waals surface area contributed by atoms with Crippen LogP contribution in [0.4, 0.5) is 0 Å². The molecule has 1 unspecified atom stereocenters. The molecule has 0 aromatic carbocycles. The zero-order chi connectivity index (χ0) is 13.0. The fraction of sp³-hybridized carbons (Fsp3) is 0.733. The molecule has 1 aliphatic carbocycles. The predicted molar refractivity (Wildman–Crippen MR) is 74.1 cm³/mol. The molecule has 0 spiro atoms. The van der Waals surface area contributed by atoms with E-state index in [9.17, 15) is 0 Å². The highest BCUT2D eigenvalue weighted by atomic mass is 16.3. The molecule has 0 bridgehead atoms. The number of nitrogens with two attached hydrogens (primary N) is 1. The van der Waals surface area contributed by atoms with Gasteiger partial charge in [-0.3, -0.25) is 4.90 Å². The highest BCUT2D eigenvalue weighted by Gasteiger charge is 2.30. The van der Waals surface area contributed by atoms with Crippen LogP contribution in [-0.2, 0) is 6.54 Å². The molecule has 0 radical (unpaired) electrons. The average Bonchev–Trinajstić information content (AvgIpc) is 3.06. The summed E-state index contributed by atoms with van der Waals surface area (Å²) in [4.78, 5) is 2.55. The molecule has 1 aromatic rings. The molecule has 18 heavy (non-hydrogen) atoms. The molecule has 2 rings (SSSR count). The van der Waals surface area contributed by atoms with Gasteiger partial charge in [-0.1, -0.05) is 13.8 Å². The summed E-state index contributed by atoms with van der Waals surface area (Å²) in [7, 11) is 0. The van der Waals surface area contributed by atoms with E-state index < -0.39 is 0 Å². The lowest BCUT2D eigenvalue weighted by Gasteiger charge is -2.27. The quantitative estimate of drug-likeness (QED) is 0.771. The number of hydrogen-bond donors (Lipinski definition) is 1. The van der Waals surface area contributed by atoms with Crippen LogP contribution in [0.25, 0.3) is 0 Å². The first-order valence-corrected chi connectivity index (χ1v) is 7.15. The Hall–Kier alpha value is -0.800. The fourth-order valence-corrected chi connectivity index (χ4v) is 2.63. The van der Waals surface area contributed by atoms with Crippen LogP contribution in [0.2, 0.25) is 0 Å². The molecule has 0 amide bonds. The van der Waals surface area contributed by atoms with Gasteiger partial charge in [-0.25, -0.2) is 0 Å². The second-order valence-corrected chi connectivity index (χ2v) is 5.97. The Morgan fingerprint density at radius 3 is 2.72 bits per heavy atom. The van der Waals surface area contributed by atoms with E-state index >= 15 is 0 Å². The van der Waals surface area contributed by atoms with E-state index in [1.54, 1.807) is 6.26 Å². The zero-order valence-corrected chi connectivity index (χ0v) is 11.6. The lowest BCUT2D eigenvalue weighted by molar-refractivity contribution is 0.188. The molecule has 1 aromatic heterocycles. The van der Waals surface area contributed by atoms with Crippen LogP contribution in [-0.4, -0.2) is 24.0 Å². The van der Waals surface area contributed by atoms with Crippen molar-refractivity contribution in [2.45, 2.75) is 45.7 Å². The van der Waals surface area contributed by atoms with Crippen molar-refractivity contribution in [3.8, 4) is 0 Å². The summed E-state index contributed by atoms with van der Waals surface area (Å²) in [6, 6.07) is 4.79. The van der Waals surface area contributed by atoms with Crippen molar-refractivity contribution < 1.29 is 4.42 Å². The van der Waals surface area contributed by atoms with Gasteiger partial charge in [0.2, 0.25) is 0 Å². The van der Waals surface area contributed by atoms with Crippen LogP contribution in [0, 0.1) is 11.8 Å². The van der Waals surface area contributed by atoms with Crippen molar-refractivity contribution in [1.82, 2.24) is 4.90 Å². The normalized spacial score (nSPS) is 17.6. The third-order valence-electron chi connectivity index (χ3n) is 3.63. The maximum Gasteiger partial charge on any atom is 0.117 e. The molecule has 0 aliphatic heterocycles. The van der Waals surface area contributed by atoms with Gasteiger partial charge in [0.15, 0.2) is 0 Å². The van der Waals surface area contributed by atoms with Gasteiger partial charge >= 0.3 is 0 Å². The van der Waals surface area contributed by atoms with E-state index in [0.29, 0.717) is 5.92 Å². The monoisotopic (exact) mass is 250 g/mol. The summed E-state index contributed by atoms with van der Waals surface area (Å²) in [5, 5.41) is 0. The van der Waals surface area contributed by atoms with Gasteiger partial charge in [0.1, 0.15) is 5.76 Å². The molecule has 3 heteroatoms. The van der Waals surface area contributed by atoms with Gasteiger partial charge in [-0.15, -0.1) is 0 Å². The van der Waals surface area contributed by atoms with Crippen LogP contribution < -0.4 is 5.73 Å². The second kappa shape index (κ2) is 6.39. The topological polar surface area (TPSA) is 42.4 Å². The van der Waals surface area contributed by atoms with E-state index in [1.165, 1.54) is 19.3 Å². The lowest BCUT2D eigenvalue weighted by Crippen LogP contribution is -2.34. The van der Waals surface area contributed by atoms with Gasteiger partial charge < -0.3 is 10.2 Å². The summed E-state index contributed by atoms with van der Waals surface area (Å²) in [6.45, 7) is 7.39. The maximum atomic E-state index is 5.91. The first-order chi connectivity index (χ1) is 8.69. The molecule has 1 atom stereocenters. The zero-order valence-electron chi connectivity index (χ0n) is 11.6. The van der Waals surface area contributed by atoms with Crippen LogP contribution in [0.3, 0.4) is 0 Å². The Bertz CT molecular complexity index is 330. The number of hydrogen-bond acceptors (Lipinski definition) is 3. The van der Waals surface area contributed by atoms with Gasteiger partial charge in [0.05, 0.1) is 12.8 Å². The molecule has 1 saturated carbocycles. The summed E-state index contributed by atoms with van der Waals surface area (Å²) >= 11 is 0. The first-order valence-electron chi connectivity index (χ1n) is 7.15. The van der Waals surface area contributed by atoms with E-state index in [2.05, 4.69) is 24.8 Å². The van der Waals surface area contributed by atoms with Crippen molar-refractivity contribution in [2.75, 3.05) is 13.1 Å². The highest BCUT2D eigenvalue weighted by Crippen LogP contribution is 2.29. The van der Waals surface area contributed by atoms with E-state index in [-0.39, 0.29) is 0 Å². The van der Waals surface area contributed by atoms with Crippen molar-refractivity contribution in [3.05, 3.63) is 24.2 Å². The maximum absolute atomic E-state index is 5.91. The van der Waals surface area contributed by atoms with Crippen LogP contribution >= 0.6 is 0 Å². The molecule has 102 valence electrons. The Balaban J connectivity index is 1.88. The number of nitrogens with zero attached hydrogens (tertiary/aromatic N) is 1. The van der Waals surface area contributed by atoms with E-state index in [0.717, 1.165) is 37.4 Å². The Kier molecular flexibility index (Phi) is 4.84. The fourth-order valence-electron chi connectivity index (χ4n) is 2.63. The molecule has 1 aliphatic rings. The van der Waals surface area contributed by atoms with Gasteiger partial charge in [-0.2, -0.15) is 0 Å². The molecular weight excluding hydrogens is 224 g/mol. The standard InChI is InChI=1S/C15H26N2O/c1-12(2)8-13(9-16)10-17(14-5-6-14)11-15-4-3-7-18-15/h3-4,7,12-14H,5-6,8-11,16H2,1-2H3. The van der Waals surface area contributed by atoms with E-state index in [4.69, 9.17) is 10.2 Å². The molecular formula is C15H26N2O. The Morgan fingerprint density at radius 1 is 1.44 bits per heavy atom. The van der Waals surface area contributed by atoms with Crippen LogP contribution in [0.5, 0.6) is 0 Å². The summed E-state index contributed by atoms with van der Waals surface area (Å²) in [5.41, 5.74) is 5.91. The molecule has 3 nitrogen and oxygen atoms in total. The molecule has 1 heterocycles. The van der Waals surface area contributed by atoms with Crippen molar-refractivity contribution in [3.63, 3.8) is 0 Å². The molecule has 0 saturated heterocycles. The van der Waals surface area contributed by atoms with Crippen molar-refractivity contribution in [1.29, 1.82) is 0 Å². The van der Waals surface area contributed by atoms with Gasteiger partial charge in [0.25, 0.3) is 0 Å². The SMILES string of the molecule is CC(C)CC(CN)CN(Cc1ccco1)C1CC1. The average molecular weight is 250 g/mol. The minimum absolute atomic E-state index is 0.612. The smallest absolute Gasteiger partial charge is 0.117 e. The minimum Gasteiger partial charge on any atom is -0.468 e. The molecule has 2 N–H and O–H groups in total. The lowest BCUT2D eigenvalue weighted by atomic mass is 9.96. The van der Waals surface area contributed by atoms with Gasteiger partial charge in [0, 0.05) is 12.6 Å². The Morgan fingerprint density at radius 2 is 2.22 bits per heavy atom.